The Morgan fingerprint density at radius 2 is 0.950 bits per heavy atom. The number of rotatable bonds is 12. The fourth-order valence-corrected chi connectivity index (χ4v) is 15.5. The summed E-state index contributed by atoms with van der Waals surface area (Å²) in [5.74, 6) is 3.82. The maximum Gasteiger partial charge on any atom is 0.248 e. The number of H-pyrrole nitrogens is 2. The summed E-state index contributed by atoms with van der Waals surface area (Å²) in [7, 11) is 0. The molecular weight excluding hydrogens is 1510 g/mol. The minimum absolute atomic E-state index is 0.0901. The molecule has 4 N–H and O–H groups in total. The molecule has 0 spiro atoms. The van der Waals surface area contributed by atoms with Crippen LogP contribution in [0.2, 0.25) is 0 Å². The highest BCUT2D eigenvalue weighted by Crippen LogP contribution is 2.44. The number of benzene rings is 6. The number of aromatic nitrogens is 15. The van der Waals surface area contributed by atoms with Gasteiger partial charge in [-0.25, -0.2) is 14.4 Å². The molecule has 5 aliphatic heterocycles. The molecule has 0 unspecified atom stereocenters. The minimum Gasteiger partial charge on any atom is -0.454 e. The van der Waals surface area contributed by atoms with E-state index in [1.807, 2.05) is 208 Å². The number of aryl methyl sites for hydroxylation is 4. The zero-order chi connectivity index (χ0) is 82.5. The van der Waals surface area contributed by atoms with Gasteiger partial charge >= 0.3 is 0 Å². The SMILES string of the molecule is C1=C(c2ccnc3ccccc23)C(c2ccccn2)=NC1.Cc1cccc(-c2[nH]c(C(C)(C)C)nc2-c2ccc3c(c2)OCO3)n1.Cc1cccc(-c2nn3c(c2-c2ccc(F)cc2)CCC3)n1.NC(=O)c1ccc(-c2nc(-c3ccc4c(c3)OCO4)c(-c3ccccn3)[nH]2)cc1.c1ccc(-c2nn3c(c2-c2ccnc4ccccc24)CCC3)nc1. The Morgan fingerprint density at radius 1 is 0.446 bits per heavy atom. The molecule has 0 fully saturated rings. The lowest BCUT2D eigenvalue weighted by atomic mass is 9.96. The van der Waals surface area contributed by atoms with Crippen molar-refractivity contribution in [3.05, 3.63) is 325 Å². The monoisotopic (exact) mass is 1600 g/mol. The van der Waals surface area contributed by atoms with Gasteiger partial charge in [-0.15, -0.1) is 0 Å². The molecule has 6 aromatic carbocycles. The number of nitrogens with two attached hydrogens (primary N) is 1. The fraction of sp³-hybridized carbons (Fsp3) is 0.153. The molecule has 121 heavy (non-hydrogen) atoms. The number of primary amides is 1. The first-order valence-corrected chi connectivity index (χ1v) is 40.1. The van der Waals surface area contributed by atoms with Gasteiger partial charge in [0.15, 0.2) is 23.0 Å². The van der Waals surface area contributed by atoms with Crippen LogP contribution < -0.4 is 24.7 Å². The van der Waals surface area contributed by atoms with E-state index in [1.54, 1.807) is 24.5 Å². The van der Waals surface area contributed by atoms with Gasteiger partial charge < -0.3 is 34.6 Å². The molecule has 11 aromatic heterocycles. The van der Waals surface area contributed by atoms with Crippen molar-refractivity contribution in [1.82, 2.24) is 74.4 Å². The van der Waals surface area contributed by atoms with E-state index in [2.05, 4.69) is 122 Å². The summed E-state index contributed by atoms with van der Waals surface area (Å²) in [4.78, 5) is 64.2. The number of allylic oxidation sites excluding steroid dienone is 1. The van der Waals surface area contributed by atoms with Crippen LogP contribution in [0.5, 0.6) is 23.0 Å². The highest BCUT2D eigenvalue weighted by Gasteiger charge is 2.30. The first-order valence-electron chi connectivity index (χ1n) is 40.1. The number of ether oxygens (including phenoxy) is 4. The highest BCUT2D eigenvalue weighted by molar-refractivity contribution is 6.34. The topological polar surface area (TPSA) is 276 Å². The molecule has 596 valence electrons. The number of nitrogens with one attached hydrogen (secondary N) is 2. The number of fused-ring (bicyclic) bond motifs is 6. The minimum atomic E-state index is -0.466. The lowest BCUT2D eigenvalue weighted by molar-refractivity contribution is 0.1000. The summed E-state index contributed by atoms with van der Waals surface area (Å²) >= 11 is 0. The lowest BCUT2D eigenvalue weighted by Gasteiger charge is -2.14. The van der Waals surface area contributed by atoms with Crippen LogP contribution in [0.3, 0.4) is 0 Å². The maximum absolute atomic E-state index is 13.2. The van der Waals surface area contributed by atoms with Crippen LogP contribution in [0, 0.1) is 19.7 Å². The van der Waals surface area contributed by atoms with E-state index >= 15 is 0 Å². The molecule has 16 heterocycles. The number of carbonyl (C=O) groups is 1. The Bertz CT molecular complexity index is 6750. The molecule has 17 aromatic rings. The van der Waals surface area contributed by atoms with E-state index in [4.69, 9.17) is 44.8 Å². The Balaban J connectivity index is 0.000000104. The Kier molecular flexibility index (Phi) is 21.5. The van der Waals surface area contributed by atoms with E-state index in [0.29, 0.717) is 29.4 Å². The normalized spacial score (nSPS) is 13.2. The van der Waals surface area contributed by atoms with Crippen LogP contribution in [-0.2, 0) is 31.3 Å². The smallest absolute Gasteiger partial charge is 0.248 e. The number of hydrogen-bond acceptors (Lipinski definition) is 17. The summed E-state index contributed by atoms with van der Waals surface area (Å²) in [6.07, 6.45) is 15.6. The Morgan fingerprint density at radius 3 is 1.55 bits per heavy atom. The molecule has 22 rings (SSSR count). The molecule has 22 nitrogen and oxygen atoms in total. The number of nitrogens with zero attached hydrogens (tertiary/aromatic N) is 14. The van der Waals surface area contributed by atoms with Crippen molar-refractivity contribution in [3.63, 3.8) is 0 Å². The van der Waals surface area contributed by atoms with Gasteiger partial charge in [0.05, 0.1) is 74.5 Å². The third kappa shape index (κ3) is 16.3. The van der Waals surface area contributed by atoms with Gasteiger partial charge in [0.2, 0.25) is 19.5 Å². The standard InChI is InChI=1S/C22H16N4O3.C20H16N4.C20H21N3O2.C18H16FN3.C18H13N3/c23-21(27)13-4-6-14(7-5-13)22-25-19(20(26-22)16-3-1-2-10-24-16)15-8-9-17-18(11-15)29-12-28-17;1-2-7-16-14(6-1)15(10-12-22-16)19-18-9-5-13-24(18)23-20(19)17-8-3-4-11-21-17;1-12-6-5-7-14(21-12)18-17(22-19(23-18)20(2,3)4)13-8-9-15-16(10-13)25-11-24-15;1-12-4-2-5-15(20-12)18-17(13-7-9-14(19)10-8-13)16-6-3-11-22(16)21-18;1-2-6-16-14(5-1)13(8-11-20-16)15-9-12-21-18(15)17-7-3-4-10-19-17/h1-11H,12H2,(H2,23,27)(H,25,26);1-4,6-8,10-12H,5,9,13H2;5-10H,11H2,1-4H3,(H,22,23);2,4-5,7-10H,3,6,11H2,1H3;1-11H,12H2. The van der Waals surface area contributed by atoms with Crippen LogP contribution in [0.15, 0.2) is 279 Å². The summed E-state index contributed by atoms with van der Waals surface area (Å²) in [6.45, 7) is 13.5. The summed E-state index contributed by atoms with van der Waals surface area (Å²) in [5, 5.41) is 12.0. The van der Waals surface area contributed by atoms with E-state index in [9.17, 15) is 9.18 Å². The van der Waals surface area contributed by atoms with E-state index in [-0.39, 0.29) is 24.8 Å². The Labute approximate surface area is 696 Å². The highest BCUT2D eigenvalue weighted by atomic mass is 19.1. The molecule has 1 amide bonds. The van der Waals surface area contributed by atoms with Gasteiger partial charge in [0, 0.05) is 122 Å². The van der Waals surface area contributed by atoms with Gasteiger partial charge in [0.1, 0.15) is 28.9 Å². The van der Waals surface area contributed by atoms with Crippen LogP contribution in [0.1, 0.15) is 83.8 Å². The second-order valence-corrected chi connectivity index (χ2v) is 30.5. The zero-order valence-electron chi connectivity index (χ0n) is 67.1. The van der Waals surface area contributed by atoms with Crippen LogP contribution >= 0.6 is 0 Å². The van der Waals surface area contributed by atoms with Crippen LogP contribution in [0.4, 0.5) is 4.39 Å². The van der Waals surface area contributed by atoms with Gasteiger partial charge in [-0.1, -0.05) is 118 Å². The third-order valence-corrected chi connectivity index (χ3v) is 21.3. The molecule has 23 heteroatoms. The van der Waals surface area contributed by atoms with Crippen molar-refractivity contribution >= 4 is 39.0 Å². The molecule has 5 aliphatic rings. The summed E-state index contributed by atoms with van der Waals surface area (Å²) < 4.78 is 39.3. The number of pyridine rings is 7. The Hall–Kier alpha value is -15.3. The van der Waals surface area contributed by atoms with Crippen molar-refractivity contribution < 1.29 is 28.1 Å². The maximum atomic E-state index is 13.2. The van der Waals surface area contributed by atoms with Gasteiger partial charge in [0.25, 0.3) is 0 Å². The van der Waals surface area contributed by atoms with Crippen LogP contribution in [-0.4, -0.2) is 106 Å². The fourth-order valence-electron chi connectivity index (χ4n) is 15.5. The lowest BCUT2D eigenvalue weighted by Crippen LogP contribution is -2.13. The van der Waals surface area contributed by atoms with Gasteiger partial charge in [-0.3, -0.25) is 54.0 Å². The van der Waals surface area contributed by atoms with Crippen molar-refractivity contribution in [2.45, 2.75) is 78.8 Å². The summed E-state index contributed by atoms with van der Waals surface area (Å²) in [6, 6.07) is 75.5. The number of amides is 1. The third-order valence-electron chi connectivity index (χ3n) is 21.3. The van der Waals surface area contributed by atoms with Gasteiger partial charge in [-0.05, 0) is 202 Å². The number of aromatic amines is 2. The predicted octanol–water partition coefficient (Wildman–Crippen LogP) is 19.7. The first-order chi connectivity index (χ1) is 59.2. The van der Waals surface area contributed by atoms with Gasteiger partial charge in [-0.2, -0.15) is 10.2 Å². The summed E-state index contributed by atoms with van der Waals surface area (Å²) in [5.41, 5.74) is 32.2. The quantitative estimate of drug-likeness (QED) is 0.103. The second-order valence-electron chi connectivity index (χ2n) is 30.5. The molecule has 0 saturated carbocycles. The molecule has 0 saturated heterocycles. The van der Waals surface area contributed by atoms with Crippen molar-refractivity contribution in [1.29, 1.82) is 0 Å². The number of hydrogen-bond donors (Lipinski definition) is 3. The van der Waals surface area contributed by atoms with Crippen molar-refractivity contribution in [2.75, 3.05) is 20.1 Å². The zero-order valence-corrected chi connectivity index (χ0v) is 67.1. The van der Waals surface area contributed by atoms with Crippen molar-refractivity contribution in [2.24, 2.45) is 10.7 Å². The molecule has 0 aliphatic carbocycles. The molecule has 0 bridgehead atoms. The number of halogens is 1. The van der Waals surface area contributed by atoms with Crippen molar-refractivity contribution in [3.8, 4) is 125 Å². The van der Waals surface area contributed by atoms with E-state index in [0.717, 1.165) is 186 Å². The number of aliphatic imine (C=N–C) groups is 1. The van der Waals surface area contributed by atoms with Crippen LogP contribution in [0.25, 0.3) is 129 Å². The average molecular weight is 1600 g/mol. The number of carbonyl (C=O) groups excluding carboxylic acids is 1. The number of para-hydroxylation sites is 2. The predicted molar refractivity (Wildman–Crippen MR) is 468 cm³/mol. The number of imidazole rings is 2. The first kappa shape index (κ1) is 77.0. The molecular formula is C98H82FN17O5. The van der Waals surface area contributed by atoms with E-state index in [1.165, 1.54) is 45.6 Å². The molecule has 0 radical (unpaired) electrons. The molecule has 0 atom stereocenters. The largest absolute Gasteiger partial charge is 0.454 e. The average Bonchev–Trinajstić information content (AvgIpc) is 1.60. The van der Waals surface area contributed by atoms with E-state index < -0.39 is 5.91 Å². The second kappa shape index (κ2) is 33.8.